The van der Waals surface area contributed by atoms with Crippen molar-refractivity contribution in [2.45, 2.75) is 6.92 Å². The van der Waals surface area contributed by atoms with E-state index in [2.05, 4.69) is 6.07 Å². The zero-order valence-corrected chi connectivity index (χ0v) is 10.5. The second kappa shape index (κ2) is 4.99. The second-order valence-electron chi connectivity index (χ2n) is 3.90. The van der Waals surface area contributed by atoms with E-state index in [1.807, 2.05) is 19.1 Å². The van der Waals surface area contributed by atoms with E-state index in [9.17, 15) is 0 Å². The summed E-state index contributed by atoms with van der Waals surface area (Å²) >= 11 is 5.91. The molecular formula is C14H11ClN2O. The number of nitrogen functional groups attached to an aromatic ring is 1. The van der Waals surface area contributed by atoms with Crippen LogP contribution in [0.2, 0.25) is 5.02 Å². The largest absolute Gasteiger partial charge is 0.456 e. The minimum Gasteiger partial charge on any atom is -0.456 e. The molecular weight excluding hydrogens is 248 g/mol. The summed E-state index contributed by atoms with van der Waals surface area (Å²) in [5.74, 6) is 1.06. The van der Waals surface area contributed by atoms with Crippen molar-refractivity contribution in [3.8, 4) is 17.6 Å². The van der Waals surface area contributed by atoms with Gasteiger partial charge >= 0.3 is 0 Å². The maximum atomic E-state index is 9.01. The molecule has 2 rings (SSSR count). The predicted octanol–water partition coefficient (Wildman–Crippen LogP) is 3.89. The van der Waals surface area contributed by atoms with Crippen LogP contribution in [0.15, 0.2) is 36.4 Å². The Balaban J connectivity index is 2.36. The molecule has 4 heteroatoms. The van der Waals surface area contributed by atoms with Crippen molar-refractivity contribution >= 4 is 17.3 Å². The summed E-state index contributed by atoms with van der Waals surface area (Å²) in [6, 6.07) is 12.5. The molecule has 2 aromatic rings. The molecule has 2 aromatic carbocycles. The second-order valence-corrected chi connectivity index (χ2v) is 4.30. The lowest BCUT2D eigenvalue weighted by molar-refractivity contribution is 0.481. The first-order chi connectivity index (χ1) is 8.60. The highest BCUT2D eigenvalue weighted by Crippen LogP contribution is 2.30. The van der Waals surface area contributed by atoms with Crippen molar-refractivity contribution in [3.63, 3.8) is 0 Å². The van der Waals surface area contributed by atoms with E-state index >= 15 is 0 Å². The fourth-order valence-electron chi connectivity index (χ4n) is 1.50. The molecule has 0 saturated heterocycles. The van der Waals surface area contributed by atoms with Crippen LogP contribution in [0.25, 0.3) is 0 Å². The van der Waals surface area contributed by atoms with Gasteiger partial charge in [-0.25, -0.2) is 0 Å². The van der Waals surface area contributed by atoms with E-state index < -0.39 is 0 Å². The van der Waals surface area contributed by atoms with Crippen molar-refractivity contribution < 1.29 is 4.74 Å². The Hall–Kier alpha value is -2.18. The topological polar surface area (TPSA) is 59.0 Å². The summed E-state index contributed by atoms with van der Waals surface area (Å²) in [5, 5.41) is 9.44. The Morgan fingerprint density at radius 1 is 1.22 bits per heavy atom. The third-order valence-electron chi connectivity index (χ3n) is 2.46. The molecule has 0 aliphatic carbocycles. The molecule has 0 saturated carbocycles. The van der Waals surface area contributed by atoms with Gasteiger partial charge in [-0.3, -0.25) is 0 Å². The van der Waals surface area contributed by atoms with Gasteiger partial charge in [-0.05, 0) is 36.8 Å². The Bertz CT molecular complexity index is 632. The summed E-state index contributed by atoms with van der Waals surface area (Å²) in [4.78, 5) is 0. The van der Waals surface area contributed by atoms with E-state index in [0.29, 0.717) is 27.8 Å². The summed E-state index contributed by atoms with van der Waals surface area (Å²) in [6.45, 7) is 1.93. The number of anilines is 1. The number of ether oxygens (including phenoxy) is 1. The van der Waals surface area contributed by atoms with Crippen LogP contribution >= 0.6 is 11.6 Å². The van der Waals surface area contributed by atoms with E-state index in [1.165, 1.54) is 0 Å². The van der Waals surface area contributed by atoms with Crippen molar-refractivity contribution in [1.82, 2.24) is 0 Å². The van der Waals surface area contributed by atoms with Gasteiger partial charge in [0.15, 0.2) is 0 Å². The van der Waals surface area contributed by atoms with Gasteiger partial charge in [0.05, 0.1) is 16.3 Å². The number of nitriles is 1. The first kappa shape index (κ1) is 12.3. The Morgan fingerprint density at radius 3 is 2.67 bits per heavy atom. The molecule has 0 aliphatic heterocycles. The molecule has 0 unspecified atom stereocenters. The zero-order valence-electron chi connectivity index (χ0n) is 9.77. The smallest absolute Gasteiger partial charge is 0.145 e. The molecule has 0 fully saturated rings. The Kier molecular flexibility index (Phi) is 3.40. The number of hydrogen-bond donors (Lipinski definition) is 1. The molecule has 18 heavy (non-hydrogen) atoms. The molecule has 0 bridgehead atoms. The van der Waals surface area contributed by atoms with Crippen LogP contribution in [0.5, 0.6) is 11.5 Å². The first-order valence-corrected chi connectivity index (χ1v) is 5.71. The average Bonchev–Trinajstić information content (AvgIpc) is 2.34. The van der Waals surface area contributed by atoms with Gasteiger partial charge in [0.1, 0.15) is 17.6 Å². The van der Waals surface area contributed by atoms with E-state index in [-0.39, 0.29) is 0 Å². The van der Waals surface area contributed by atoms with Crippen molar-refractivity contribution in [2.75, 3.05) is 5.73 Å². The average molecular weight is 259 g/mol. The molecule has 0 aromatic heterocycles. The van der Waals surface area contributed by atoms with Gasteiger partial charge in [0, 0.05) is 6.07 Å². The Labute approximate surface area is 110 Å². The summed E-state index contributed by atoms with van der Waals surface area (Å²) in [5.41, 5.74) is 7.62. The lowest BCUT2D eigenvalue weighted by Gasteiger charge is -2.09. The molecule has 0 heterocycles. The molecule has 3 nitrogen and oxygen atoms in total. The third-order valence-corrected chi connectivity index (χ3v) is 2.78. The third kappa shape index (κ3) is 2.55. The standard InChI is InChI=1S/C14H11ClN2O/c1-9-2-3-10(8-16)14(6-9)18-11-4-5-13(17)12(15)7-11/h2-7H,17H2,1H3. The molecule has 0 radical (unpaired) electrons. The van der Waals surface area contributed by atoms with Crippen LogP contribution in [0, 0.1) is 18.3 Å². The van der Waals surface area contributed by atoms with Gasteiger partial charge in [0.25, 0.3) is 0 Å². The normalized spacial score (nSPS) is 9.83. The summed E-state index contributed by atoms with van der Waals surface area (Å²) in [7, 11) is 0. The molecule has 90 valence electrons. The van der Waals surface area contributed by atoms with Gasteiger partial charge in [-0.15, -0.1) is 0 Å². The summed E-state index contributed by atoms with van der Waals surface area (Å²) < 4.78 is 5.65. The van der Waals surface area contributed by atoms with Crippen molar-refractivity contribution in [2.24, 2.45) is 0 Å². The lowest BCUT2D eigenvalue weighted by Crippen LogP contribution is -1.91. The van der Waals surface area contributed by atoms with Crippen molar-refractivity contribution in [3.05, 3.63) is 52.5 Å². The van der Waals surface area contributed by atoms with Gasteiger partial charge in [0.2, 0.25) is 0 Å². The number of aryl methyl sites for hydroxylation is 1. The number of nitrogens with two attached hydrogens (primary N) is 1. The number of rotatable bonds is 2. The van der Waals surface area contributed by atoms with Crippen LogP contribution in [0.3, 0.4) is 0 Å². The van der Waals surface area contributed by atoms with E-state index in [4.69, 9.17) is 27.3 Å². The molecule has 0 aliphatic rings. The highest BCUT2D eigenvalue weighted by molar-refractivity contribution is 6.33. The van der Waals surface area contributed by atoms with Crippen molar-refractivity contribution in [1.29, 1.82) is 5.26 Å². The number of benzene rings is 2. The maximum Gasteiger partial charge on any atom is 0.145 e. The fraction of sp³-hybridized carbons (Fsp3) is 0.0714. The van der Waals surface area contributed by atoms with Crippen LogP contribution in [-0.2, 0) is 0 Å². The Morgan fingerprint density at radius 2 is 2.00 bits per heavy atom. The lowest BCUT2D eigenvalue weighted by atomic mass is 10.1. The molecule has 2 N–H and O–H groups in total. The highest BCUT2D eigenvalue weighted by Gasteiger charge is 2.06. The van der Waals surface area contributed by atoms with Gasteiger partial charge in [-0.1, -0.05) is 17.7 Å². The quantitative estimate of drug-likeness (QED) is 0.831. The van der Waals surface area contributed by atoms with Crippen LogP contribution < -0.4 is 10.5 Å². The number of halogens is 1. The zero-order chi connectivity index (χ0) is 13.1. The molecule has 0 atom stereocenters. The van der Waals surface area contributed by atoms with Crippen LogP contribution in [-0.4, -0.2) is 0 Å². The maximum absolute atomic E-state index is 9.01. The van der Waals surface area contributed by atoms with E-state index in [1.54, 1.807) is 24.3 Å². The fourth-order valence-corrected chi connectivity index (χ4v) is 1.68. The minimum absolute atomic E-state index is 0.429. The van der Waals surface area contributed by atoms with Crippen LogP contribution in [0.4, 0.5) is 5.69 Å². The first-order valence-electron chi connectivity index (χ1n) is 5.34. The van der Waals surface area contributed by atoms with Crippen LogP contribution in [0.1, 0.15) is 11.1 Å². The predicted molar refractivity (Wildman–Crippen MR) is 71.8 cm³/mol. The van der Waals surface area contributed by atoms with Gasteiger partial charge < -0.3 is 10.5 Å². The highest BCUT2D eigenvalue weighted by atomic mass is 35.5. The number of hydrogen-bond acceptors (Lipinski definition) is 3. The minimum atomic E-state index is 0.429. The number of nitrogens with zero attached hydrogens (tertiary/aromatic N) is 1. The molecule has 0 spiro atoms. The SMILES string of the molecule is Cc1ccc(C#N)c(Oc2ccc(N)c(Cl)c2)c1. The summed E-state index contributed by atoms with van der Waals surface area (Å²) in [6.07, 6.45) is 0. The van der Waals surface area contributed by atoms with Gasteiger partial charge in [-0.2, -0.15) is 5.26 Å². The monoisotopic (exact) mass is 258 g/mol. The molecule has 0 amide bonds. The van der Waals surface area contributed by atoms with E-state index in [0.717, 1.165) is 5.56 Å².